The predicted molar refractivity (Wildman–Crippen MR) is 72.6 cm³/mol. The van der Waals surface area contributed by atoms with Crippen LogP contribution in [0.15, 0.2) is 18.2 Å². The molecule has 96 valence electrons. The van der Waals surface area contributed by atoms with Crippen LogP contribution in [0.3, 0.4) is 0 Å². The third kappa shape index (κ3) is 2.53. The van der Waals surface area contributed by atoms with Gasteiger partial charge in [-0.15, -0.1) is 0 Å². The summed E-state index contributed by atoms with van der Waals surface area (Å²) in [6, 6.07) is 5.64. The molecule has 0 atom stereocenters. The molecule has 6 heteroatoms. The number of benzene rings is 1. The summed E-state index contributed by atoms with van der Waals surface area (Å²) in [6.07, 6.45) is 0. The van der Waals surface area contributed by atoms with Crippen molar-refractivity contribution >= 4 is 16.7 Å². The van der Waals surface area contributed by atoms with Gasteiger partial charge in [-0.25, -0.2) is 0 Å². The van der Waals surface area contributed by atoms with E-state index in [9.17, 15) is 0 Å². The quantitative estimate of drug-likeness (QED) is 0.900. The largest absolute Gasteiger partial charge is 0.493 e. The molecule has 0 fully saturated rings. The number of methoxy groups -OCH3 is 2. The zero-order chi connectivity index (χ0) is 13.0. The van der Waals surface area contributed by atoms with Crippen LogP contribution in [0.2, 0.25) is 0 Å². The molecule has 1 heterocycles. The van der Waals surface area contributed by atoms with Crippen LogP contribution < -0.4 is 14.8 Å². The SMILES string of the molecule is CCNc1nc(-c2ccc(OC)c(OC)c2)ns1. The van der Waals surface area contributed by atoms with Gasteiger partial charge in [-0.2, -0.15) is 9.36 Å². The smallest absolute Gasteiger partial charge is 0.202 e. The van der Waals surface area contributed by atoms with Crippen LogP contribution in [0.25, 0.3) is 11.4 Å². The van der Waals surface area contributed by atoms with Crippen molar-refractivity contribution in [1.82, 2.24) is 9.36 Å². The van der Waals surface area contributed by atoms with Crippen LogP contribution in [-0.4, -0.2) is 30.1 Å². The maximum absolute atomic E-state index is 5.26. The van der Waals surface area contributed by atoms with Gasteiger partial charge in [0, 0.05) is 23.6 Å². The maximum atomic E-state index is 5.26. The molecule has 1 N–H and O–H groups in total. The molecule has 0 spiro atoms. The summed E-state index contributed by atoms with van der Waals surface area (Å²) in [6.45, 7) is 2.86. The van der Waals surface area contributed by atoms with Crippen molar-refractivity contribution in [2.24, 2.45) is 0 Å². The number of ether oxygens (including phenoxy) is 2. The minimum absolute atomic E-state index is 0.676. The number of hydrogen-bond donors (Lipinski definition) is 1. The normalized spacial score (nSPS) is 10.2. The molecular weight excluding hydrogens is 250 g/mol. The number of rotatable bonds is 5. The fourth-order valence-corrected chi connectivity index (χ4v) is 2.19. The summed E-state index contributed by atoms with van der Waals surface area (Å²) >= 11 is 1.35. The number of hydrogen-bond acceptors (Lipinski definition) is 6. The topological polar surface area (TPSA) is 56.3 Å². The minimum Gasteiger partial charge on any atom is -0.493 e. The molecule has 1 aromatic heterocycles. The van der Waals surface area contributed by atoms with Crippen LogP contribution in [0.4, 0.5) is 5.13 Å². The molecule has 18 heavy (non-hydrogen) atoms. The fraction of sp³-hybridized carbons (Fsp3) is 0.333. The van der Waals surface area contributed by atoms with Crippen molar-refractivity contribution < 1.29 is 9.47 Å². The number of nitrogens with one attached hydrogen (secondary N) is 1. The molecule has 0 amide bonds. The Hall–Kier alpha value is -1.82. The summed E-state index contributed by atoms with van der Waals surface area (Å²) in [4.78, 5) is 4.40. The first-order chi connectivity index (χ1) is 8.78. The van der Waals surface area contributed by atoms with Crippen molar-refractivity contribution in [3.63, 3.8) is 0 Å². The Labute approximate surface area is 110 Å². The Morgan fingerprint density at radius 1 is 1.22 bits per heavy atom. The van der Waals surface area contributed by atoms with Gasteiger partial charge in [0.25, 0.3) is 0 Å². The zero-order valence-corrected chi connectivity index (χ0v) is 11.4. The van der Waals surface area contributed by atoms with E-state index in [0.717, 1.165) is 17.2 Å². The lowest BCUT2D eigenvalue weighted by molar-refractivity contribution is 0.355. The molecule has 0 aliphatic carbocycles. The van der Waals surface area contributed by atoms with Crippen LogP contribution in [-0.2, 0) is 0 Å². The molecule has 2 aromatic rings. The lowest BCUT2D eigenvalue weighted by Crippen LogP contribution is -1.95. The lowest BCUT2D eigenvalue weighted by Gasteiger charge is -2.07. The fourth-order valence-electron chi connectivity index (χ4n) is 1.54. The van der Waals surface area contributed by atoms with Crippen molar-refractivity contribution in [2.45, 2.75) is 6.92 Å². The van der Waals surface area contributed by atoms with E-state index >= 15 is 0 Å². The van der Waals surface area contributed by atoms with Gasteiger partial charge < -0.3 is 14.8 Å². The summed E-state index contributed by atoms with van der Waals surface area (Å²) in [7, 11) is 3.22. The maximum Gasteiger partial charge on any atom is 0.202 e. The van der Waals surface area contributed by atoms with Gasteiger partial charge in [-0.05, 0) is 25.1 Å². The molecule has 0 bridgehead atoms. The van der Waals surface area contributed by atoms with E-state index in [1.54, 1.807) is 14.2 Å². The molecule has 2 rings (SSSR count). The lowest BCUT2D eigenvalue weighted by atomic mass is 10.2. The van der Waals surface area contributed by atoms with E-state index in [1.807, 2.05) is 25.1 Å². The zero-order valence-electron chi connectivity index (χ0n) is 10.6. The van der Waals surface area contributed by atoms with E-state index in [-0.39, 0.29) is 0 Å². The third-order valence-corrected chi connectivity index (χ3v) is 3.07. The Balaban J connectivity index is 2.31. The highest BCUT2D eigenvalue weighted by Gasteiger charge is 2.10. The summed E-state index contributed by atoms with van der Waals surface area (Å²) in [5.41, 5.74) is 0.910. The second kappa shape index (κ2) is 5.68. The first-order valence-corrected chi connectivity index (χ1v) is 6.35. The predicted octanol–water partition coefficient (Wildman–Crippen LogP) is 2.65. The Morgan fingerprint density at radius 2 is 2.00 bits per heavy atom. The Kier molecular flexibility index (Phi) is 3.99. The molecule has 5 nitrogen and oxygen atoms in total. The average molecular weight is 265 g/mol. The van der Waals surface area contributed by atoms with Crippen molar-refractivity contribution in [2.75, 3.05) is 26.1 Å². The molecule has 0 radical (unpaired) electrons. The standard InChI is InChI=1S/C12H15N3O2S/c1-4-13-12-14-11(15-18-12)8-5-6-9(16-2)10(7-8)17-3/h5-7H,4H2,1-3H3,(H,13,14,15). The Bertz CT molecular complexity index is 528. The second-order valence-electron chi connectivity index (χ2n) is 3.52. The van der Waals surface area contributed by atoms with Crippen molar-refractivity contribution in [3.05, 3.63) is 18.2 Å². The van der Waals surface area contributed by atoms with Gasteiger partial charge in [0.05, 0.1) is 14.2 Å². The van der Waals surface area contributed by atoms with Crippen molar-refractivity contribution in [3.8, 4) is 22.9 Å². The van der Waals surface area contributed by atoms with Gasteiger partial charge in [-0.1, -0.05) is 0 Å². The van der Waals surface area contributed by atoms with E-state index < -0.39 is 0 Å². The van der Waals surface area contributed by atoms with Crippen LogP contribution in [0.5, 0.6) is 11.5 Å². The molecule has 0 saturated carbocycles. The number of anilines is 1. The van der Waals surface area contributed by atoms with E-state index in [4.69, 9.17) is 9.47 Å². The molecule has 0 aliphatic rings. The summed E-state index contributed by atoms with van der Waals surface area (Å²) in [5.74, 6) is 2.06. The van der Waals surface area contributed by atoms with Gasteiger partial charge in [0.1, 0.15) is 0 Å². The van der Waals surface area contributed by atoms with Gasteiger partial charge in [0.2, 0.25) is 5.13 Å². The molecule has 0 unspecified atom stereocenters. The number of aromatic nitrogens is 2. The monoisotopic (exact) mass is 265 g/mol. The highest BCUT2D eigenvalue weighted by atomic mass is 32.1. The first-order valence-electron chi connectivity index (χ1n) is 5.58. The summed E-state index contributed by atoms with van der Waals surface area (Å²) < 4.78 is 14.8. The van der Waals surface area contributed by atoms with Gasteiger partial charge in [-0.3, -0.25) is 0 Å². The minimum atomic E-state index is 0.676. The highest BCUT2D eigenvalue weighted by molar-refractivity contribution is 7.09. The summed E-state index contributed by atoms with van der Waals surface area (Å²) in [5, 5.41) is 3.96. The van der Waals surface area contributed by atoms with Gasteiger partial charge >= 0.3 is 0 Å². The highest BCUT2D eigenvalue weighted by Crippen LogP contribution is 2.32. The van der Waals surface area contributed by atoms with Crippen molar-refractivity contribution in [1.29, 1.82) is 0 Å². The van der Waals surface area contributed by atoms with E-state index in [2.05, 4.69) is 14.7 Å². The first kappa shape index (κ1) is 12.6. The molecule has 0 aliphatic heterocycles. The number of nitrogens with zero attached hydrogens (tertiary/aromatic N) is 2. The Morgan fingerprint density at radius 3 is 2.67 bits per heavy atom. The van der Waals surface area contributed by atoms with Crippen LogP contribution >= 0.6 is 11.5 Å². The molecule has 1 aromatic carbocycles. The second-order valence-corrected chi connectivity index (χ2v) is 4.28. The molecule has 0 saturated heterocycles. The third-order valence-electron chi connectivity index (χ3n) is 2.40. The van der Waals surface area contributed by atoms with Crippen LogP contribution in [0, 0.1) is 0 Å². The molecular formula is C12H15N3O2S. The van der Waals surface area contributed by atoms with E-state index in [1.165, 1.54) is 11.5 Å². The van der Waals surface area contributed by atoms with E-state index in [0.29, 0.717) is 17.3 Å². The average Bonchev–Trinajstić information content (AvgIpc) is 2.87. The van der Waals surface area contributed by atoms with Gasteiger partial charge in [0.15, 0.2) is 17.3 Å². The van der Waals surface area contributed by atoms with Crippen LogP contribution in [0.1, 0.15) is 6.92 Å².